The third-order valence-corrected chi connectivity index (χ3v) is 4.28. The van der Waals surface area contributed by atoms with E-state index in [1.165, 1.54) is 5.56 Å². The highest BCUT2D eigenvalue weighted by atomic mass is 35.5. The van der Waals surface area contributed by atoms with Crippen molar-refractivity contribution in [2.24, 2.45) is 4.99 Å². The van der Waals surface area contributed by atoms with Gasteiger partial charge in [-0.2, -0.15) is 0 Å². The van der Waals surface area contributed by atoms with Crippen molar-refractivity contribution in [3.63, 3.8) is 0 Å². The first-order valence-electron chi connectivity index (χ1n) is 5.70. The second kappa shape index (κ2) is 4.91. The van der Waals surface area contributed by atoms with Crippen LogP contribution in [0.15, 0.2) is 29.3 Å². The lowest BCUT2D eigenvalue weighted by atomic mass is 10.1. The normalized spacial score (nSPS) is 22.5. The van der Waals surface area contributed by atoms with Crippen molar-refractivity contribution in [1.82, 2.24) is 5.32 Å². The molecule has 0 bridgehead atoms. The van der Waals surface area contributed by atoms with Crippen LogP contribution in [0.25, 0.3) is 0 Å². The molecule has 2 nitrogen and oxygen atoms in total. The first-order chi connectivity index (χ1) is 7.96. The number of nitrogens with one attached hydrogen (secondary N) is 1. The zero-order valence-electron chi connectivity index (χ0n) is 10.3. The van der Waals surface area contributed by atoms with Gasteiger partial charge >= 0.3 is 0 Å². The van der Waals surface area contributed by atoms with Gasteiger partial charge in [-0.05, 0) is 38.5 Å². The van der Waals surface area contributed by atoms with E-state index in [0.717, 1.165) is 15.9 Å². The maximum atomic E-state index is 5.87. The monoisotopic (exact) mass is 268 g/mol. The van der Waals surface area contributed by atoms with Crippen LogP contribution in [0.5, 0.6) is 0 Å². The molecule has 4 heteroatoms. The summed E-state index contributed by atoms with van der Waals surface area (Å²) in [5.74, 6) is 1.07. The van der Waals surface area contributed by atoms with Crippen LogP contribution in [-0.4, -0.2) is 16.5 Å². The van der Waals surface area contributed by atoms with E-state index < -0.39 is 0 Å². The molecule has 0 amide bonds. The molecule has 0 saturated carbocycles. The summed E-state index contributed by atoms with van der Waals surface area (Å²) >= 11 is 7.66. The lowest BCUT2D eigenvalue weighted by Crippen LogP contribution is -2.37. The Labute approximate surface area is 112 Å². The number of nitrogens with zero attached hydrogens (tertiary/aromatic N) is 1. The predicted molar refractivity (Wildman–Crippen MR) is 77.0 cm³/mol. The van der Waals surface area contributed by atoms with E-state index >= 15 is 0 Å². The molecule has 0 spiro atoms. The van der Waals surface area contributed by atoms with Gasteiger partial charge in [0.1, 0.15) is 0 Å². The van der Waals surface area contributed by atoms with Crippen molar-refractivity contribution in [2.45, 2.75) is 32.4 Å². The van der Waals surface area contributed by atoms with Crippen LogP contribution in [0.4, 0.5) is 0 Å². The Morgan fingerprint density at radius 3 is 2.53 bits per heavy atom. The van der Waals surface area contributed by atoms with E-state index in [9.17, 15) is 0 Å². The maximum Gasteiger partial charge on any atom is 0.157 e. The number of halogens is 1. The van der Waals surface area contributed by atoms with Crippen LogP contribution < -0.4 is 5.32 Å². The second-order valence-electron chi connectivity index (χ2n) is 4.96. The Balaban J connectivity index is 2.09. The minimum absolute atomic E-state index is 0.156. The number of rotatable bonds is 2. The summed E-state index contributed by atoms with van der Waals surface area (Å²) in [7, 11) is 0. The summed E-state index contributed by atoms with van der Waals surface area (Å²) in [6.07, 6.45) is 0. The minimum atomic E-state index is 0.156. The first kappa shape index (κ1) is 12.8. The highest BCUT2D eigenvalue weighted by molar-refractivity contribution is 8.14. The van der Waals surface area contributed by atoms with Gasteiger partial charge in [-0.15, -0.1) is 0 Å². The third kappa shape index (κ3) is 3.39. The molecule has 0 aliphatic carbocycles. The van der Waals surface area contributed by atoms with Gasteiger partial charge in [-0.1, -0.05) is 35.5 Å². The van der Waals surface area contributed by atoms with E-state index in [1.807, 2.05) is 24.3 Å². The molecule has 1 aromatic carbocycles. The summed E-state index contributed by atoms with van der Waals surface area (Å²) in [5.41, 5.74) is 1.34. The lowest BCUT2D eigenvalue weighted by molar-refractivity contribution is 0.535. The van der Waals surface area contributed by atoms with E-state index in [2.05, 4.69) is 26.1 Å². The molecular weight excluding hydrogens is 252 g/mol. The summed E-state index contributed by atoms with van der Waals surface area (Å²) in [5, 5.41) is 5.24. The molecule has 1 unspecified atom stereocenters. The van der Waals surface area contributed by atoms with Gasteiger partial charge < -0.3 is 5.32 Å². The summed E-state index contributed by atoms with van der Waals surface area (Å²) < 4.78 is 0. The molecule has 1 atom stereocenters. The standard InChI is InChI=1S/C13H17ClN2S/c1-9(10-4-6-11(14)7-5-10)15-12-16-13(2,3)8-17-12/h4-7,9H,8H2,1-3H3,(H,15,16). The quantitative estimate of drug-likeness (QED) is 0.881. The lowest BCUT2D eigenvalue weighted by Gasteiger charge is -2.16. The molecule has 17 heavy (non-hydrogen) atoms. The largest absolute Gasteiger partial charge is 0.359 e. The Kier molecular flexibility index (Phi) is 3.69. The maximum absolute atomic E-state index is 5.87. The molecule has 1 saturated heterocycles. The minimum Gasteiger partial charge on any atom is -0.359 e. The van der Waals surface area contributed by atoms with Gasteiger partial charge in [0.05, 0.1) is 6.04 Å². The molecule has 2 rings (SSSR count). The Bertz CT molecular complexity index is 426. The van der Waals surface area contributed by atoms with Crippen LogP contribution in [0.2, 0.25) is 5.02 Å². The number of benzene rings is 1. The van der Waals surface area contributed by atoms with Crippen LogP contribution in [-0.2, 0) is 0 Å². The first-order valence-corrected chi connectivity index (χ1v) is 7.07. The molecule has 1 fully saturated rings. The highest BCUT2D eigenvalue weighted by Crippen LogP contribution is 2.26. The molecule has 1 aromatic rings. The molecule has 1 aliphatic heterocycles. The van der Waals surface area contributed by atoms with Gasteiger partial charge in [0.15, 0.2) is 5.17 Å². The van der Waals surface area contributed by atoms with Crippen molar-refractivity contribution < 1.29 is 0 Å². The van der Waals surface area contributed by atoms with Crippen molar-refractivity contribution >= 4 is 28.5 Å². The van der Waals surface area contributed by atoms with Gasteiger partial charge in [0.2, 0.25) is 0 Å². The van der Waals surface area contributed by atoms with Gasteiger partial charge in [0.25, 0.3) is 0 Å². The molecule has 1 N–H and O–H groups in total. The van der Waals surface area contributed by atoms with Crippen molar-refractivity contribution in [3.8, 4) is 0 Å². The predicted octanol–water partition coefficient (Wildman–Crippen LogP) is 3.87. The molecule has 1 heterocycles. The fraction of sp³-hybridized carbons (Fsp3) is 0.462. The van der Waals surface area contributed by atoms with Crippen molar-refractivity contribution in [2.75, 3.05) is 5.75 Å². The molecule has 0 aromatic heterocycles. The SMILES string of the molecule is CC(N=C1NC(C)(C)CS1)c1ccc(Cl)cc1. The second-order valence-corrected chi connectivity index (χ2v) is 6.36. The van der Waals surface area contributed by atoms with Crippen LogP contribution >= 0.6 is 23.4 Å². The Hall–Kier alpha value is -0.670. The highest BCUT2D eigenvalue weighted by Gasteiger charge is 2.27. The molecule has 1 aliphatic rings. The van der Waals surface area contributed by atoms with E-state index in [-0.39, 0.29) is 11.6 Å². The van der Waals surface area contributed by atoms with Crippen molar-refractivity contribution in [3.05, 3.63) is 34.9 Å². The smallest absolute Gasteiger partial charge is 0.157 e. The summed E-state index contributed by atoms with van der Waals surface area (Å²) in [6.45, 7) is 6.48. The molecular formula is C13H17ClN2S. The van der Waals surface area contributed by atoms with Gasteiger partial charge in [-0.25, -0.2) is 0 Å². The van der Waals surface area contributed by atoms with Crippen molar-refractivity contribution in [1.29, 1.82) is 0 Å². The number of thioether (sulfide) groups is 1. The fourth-order valence-corrected chi connectivity index (χ4v) is 2.95. The number of hydrogen-bond acceptors (Lipinski definition) is 2. The van der Waals surface area contributed by atoms with Gasteiger partial charge in [-0.3, -0.25) is 4.99 Å². The number of hydrogen-bond donors (Lipinski definition) is 1. The van der Waals surface area contributed by atoms with Crippen LogP contribution in [0, 0.1) is 0 Å². The number of amidine groups is 1. The number of aliphatic imine (C=N–C) groups is 1. The zero-order valence-corrected chi connectivity index (χ0v) is 11.9. The summed E-state index contributed by atoms with van der Waals surface area (Å²) in [6, 6.07) is 8.04. The van der Waals surface area contributed by atoms with E-state index in [0.29, 0.717) is 0 Å². The van der Waals surface area contributed by atoms with E-state index in [4.69, 9.17) is 16.6 Å². The van der Waals surface area contributed by atoms with Crippen LogP contribution in [0.1, 0.15) is 32.4 Å². The fourth-order valence-electron chi connectivity index (χ4n) is 1.67. The topological polar surface area (TPSA) is 24.4 Å². The average Bonchev–Trinajstić information content (AvgIpc) is 2.59. The molecule has 92 valence electrons. The van der Waals surface area contributed by atoms with E-state index in [1.54, 1.807) is 11.8 Å². The summed E-state index contributed by atoms with van der Waals surface area (Å²) in [4.78, 5) is 4.70. The van der Waals surface area contributed by atoms with Crippen LogP contribution in [0.3, 0.4) is 0 Å². The average molecular weight is 269 g/mol. The van der Waals surface area contributed by atoms with Gasteiger partial charge in [0, 0.05) is 16.3 Å². The zero-order chi connectivity index (χ0) is 12.5. The third-order valence-electron chi connectivity index (χ3n) is 2.68. The Morgan fingerprint density at radius 1 is 1.35 bits per heavy atom. The Morgan fingerprint density at radius 2 is 2.00 bits per heavy atom. The molecule has 0 radical (unpaired) electrons.